The number of esters is 1. The van der Waals surface area contributed by atoms with Crippen molar-refractivity contribution in [2.75, 3.05) is 30.0 Å². The molecule has 1 aliphatic heterocycles. The van der Waals surface area contributed by atoms with Crippen LogP contribution in [0.2, 0.25) is 0 Å². The normalized spacial score (nSPS) is 14.2. The van der Waals surface area contributed by atoms with E-state index in [1.54, 1.807) is 13.1 Å². The second-order valence-electron chi connectivity index (χ2n) is 6.23. The fourth-order valence-corrected chi connectivity index (χ4v) is 3.59. The molecule has 1 aromatic carbocycles. The molecule has 1 N–H and O–H groups in total. The first-order chi connectivity index (χ1) is 12.7. The largest absolute Gasteiger partial charge is 0.466 e. The SMILES string of the molecule is CCOC(=O)Cc1csc(NN=Cc2ccc(N3CCCC3)cc2C)n1. The van der Waals surface area contributed by atoms with Crippen molar-refractivity contribution >= 4 is 34.3 Å². The van der Waals surface area contributed by atoms with Gasteiger partial charge >= 0.3 is 5.97 Å². The molecule has 1 aromatic heterocycles. The Bertz CT molecular complexity index is 782. The molecule has 1 aliphatic rings. The number of nitrogens with one attached hydrogen (secondary N) is 1. The quantitative estimate of drug-likeness (QED) is 0.457. The molecular weight excluding hydrogens is 348 g/mol. The Kier molecular flexibility index (Phi) is 6.22. The molecule has 0 unspecified atom stereocenters. The molecule has 0 amide bonds. The van der Waals surface area contributed by atoms with E-state index in [0.29, 0.717) is 17.4 Å². The van der Waals surface area contributed by atoms with E-state index in [1.165, 1.54) is 35.4 Å². The summed E-state index contributed by atoms with van der Waals surface area (Å²) in [5.74, 6) is -0.262. The lowest BCUT2D eigenvalue weighted by molar-refractivity contribution is -0.142. The fraction of sp³-hybridized carbons (Fsp3) is 0.421. The van der Waals surface area contributed by atoms with Crippen LogP contribution >= 0.6 is 11.3 Å². The van der Waals surface area contributed by atoms with Gasteiger partial charge in [-0.05, 0) is 49.9 Å². The maximum atomic E-state index is 11.5. The molecule has 1 fully saturated rings. The number of carbonyl (C=O) groups excluding carboxylic acids is 1. The highest BCUT2D eigenvalue weighted by molar-refractivity contribution is 7.13. The molecule has 6 nitrogen and oxygen atoms in total. The third-order valence-corrected chi connectivity index (χ3v) is 5.07. The molecule has 2 aromatic rings. The van der Waals surface area contributed by atoms with Crippen molar-refractivity contribution in [3.8, 4) is 0 Å². The van der Waals surface area contributed by atoms with Gasteiger partial charge in [-0.2, -0.15) is 5.10 Å². The van der Waals surface area contributed by atoms with Crippen molar-refractivity contribution in [2.24, 2.45) is 5.10 Å². The third-order valence-electron chi connectivity index (χ3n) is 4.27. The fourth-order valence-electron chi connectivity index (χ4n) is 2.93. The van der Waals surface area contributed by atoms with E-state index >= 15 is 0 Å². The van der Waals surface area contributed by atoms with Crippen LogP contribution in [0.1, 0.15) is 36.6 Å². The first-order valence-electron chi connectivity index (χ1n) is 8.90. The Hall–Kier alpha value is -2.41. The zero-order valence-corrected chi connectivity index (χ0v) is 16.0. The minimum absolute atomic E-state index is 0.187. The number of thiazole rings is 1. The minimum atomic E-state index is -0.262. The van der Waals surface area contributed by atoms with E-state index in [1.807, 2.05) is 5.38 Å². The number of ether oxygens (including phenoxy) is 1. The lowest BCUT2D eigenvalue weighted by atomic mass is 10.1. The molecule has 3 rings (SSSR count). The van der Waals surface area contributed by atoms with Gasteiger partial charge in [-0.3, -0.25) is 10.2 Å². The highest BCUT2D eigenvalue weighted by Crippen LogP contribution is 2.22. The van der Waals surface area contributed by atoms with Crippen LogP contribution in [0.4, 0.5) is 10.8 Å². The molecule has 1 saturated heterocycles. The zero-order chi connectivity index (χ0) is 18.4. The van der Waals surface area contributed by atoms with E-state index in [9.17, 15) is 4.79 Å². The number of nitrogens with zero attached hydrogens (tertiary/aromatic N) is 3. The summed E-state index contributed by atoms with van der Waals surface area (Å²) in [7, 11) is 0. The number of rotatable bonds is 7. The van der Waals surface area contributed by atoms with E-state index in [4.69, 9.17) is 4.74 Å². The van der Waals surface area contributed by atoms with Gasteiger partial charge in [0.15, 0.2) is 0 Å². The van der Waals surface area contributed by atoms with Crippen LogP contribution < -0.4 is 10.3 Å². The van der Waals surface area contributed by atoms with Gasteiger partial charge in [0.1, 0.15) is 0 Å². The number of hydrazone groups is 1. The lowest BCUT2D eigenvalue weighted by Crippen LogP contribution is -2.17. The Morgan fingerprint density at radius 1 is 1.42 bits per heavy atom. The summed E-state index contributed by atoms with van der Waals surface area (Å²) in [5.41, 5.74) is 7.18. The predicted octanol–water partition coefficient (Wildman–Crippen LogP) is 3.60. The zero-order valence-electron chi connectivity index (χ0n) is 15.2. The molecule has 0 radical (unpaired) electrons. The second-order valence-corrected chi connectivity index (χ2v) is 7.09. The van der Waals surface area contributed by atoms with Gasteiger partial charge in [-0.15, -0.1) is 11.3 Å². The first-order valence-corrected chi connectivity index (χ1v) is 9.78. The predicted molar refractivity (Wildman–Crippen MR) is 106 cm³/mol. The molecule has 0 aliphatic carbocycles. The Morgan fingerprint density at radius 3 is 2.96 bits per heavy atom. The summed E-state index contributed by atoms with van der Waals surface area (Å²) < 4.78 is 4.93. The molecule has 0 atom stereocenters. The topological polar surface area (TPSA) is 66.8 Å². The standard InChI is InChI=1S/C19H24N4O2S/c1-3-25-18(24)11-16-13-26-19(21-16)22-20-12-15-6-7-17(10-14(15)2)23-8-4-5-9-23/h6-7,10,12-13H,3-5,8-9,11H2,1-2H3,(H,21,22). The summed E-state index contributed by atoms with van der Waals surface area (Å²) in [6.07, 6.45) is 4.54. The van der Waals surface area contributed by atoms with Crippen molar-refractivity contribution in [3.05, 3.63) is 40.4 Å². The average Bonchev–Trinajstić information content (AvgIpc) is 3.28. The van der Waals surface area contributed by atoms with Crippen LogP contribution in [0.5, 0.6) is 0 Å². The maximum absolute atomic E-state index is 11.5. The minimum Gasteiger partial charge on any atom is -0.466 e. The van der Waals surface area contributed by atoms with Crippen molar-refractivity contribution in [3.63, 3.8) is 0 Å². The smallest absolute Gasteiger partial charge is 0.311 e. The van der Waals surface area contributed by atoms with Crippen molar-refractivity contribution in [1.82, 2.24) is 4.98 Å². The number of carbonyl (C=O) groups is 1. The Labute approximate surface area is 157 Å². The van der Waals surface area contributed by atoms with Crippen LogP contribution in [0.15, 0.2) is 28.7 Å². The molecule has 0 saturated carbocycles. The highest BCUT2D eigenvalue weighted by Gasteiger charge is 2.12. The molecule has 0 bridgehead atoms. The summed E-state index contributed by atoms with van der Waals surface area (Å²) in [6.45, 7) is 6.57. The molecule has 0 spiro atoms. The van der Waals surface area contributed by atoms with Gasteiger partial charge in [0, 0.05) is 24.2 Å². The molecule has 7 heteroatoms. The van der Waals surface area contributed by atoms with E-state index in [-0.39, 0.29) is 12.4 Å². The summed E-state index contributed by atoms with van der Waals surface area (Å²) in [5, 5.41) is 6.77. The first kappa shape index (κ1) is 18.4. The number of benzene rings is 1. The van der Waals surface area contributed by atoms with E-state index in [2.05, 4.69) is 45.5 Å². The van der Waals surface area contributed by atoms with Crippen molar-refractivity contribution in [1.29, 1.82) is 0 Å². The molecule has 26 heavy (non-hydrogen) atoms. The summed E-state index contributed by atoms with van der Waals surface area (Å²) >= 11 is 1.42. The van der Waals surface area contributed by atoms with Gasteiger partial charge in [-0.1, -0.05) is 6.07 Å². The van der Waals surface area contributed by atoms with Crippen LogP contribution in [-0.4, -0.2) is 36.9 Å². The van der Waals surface area contributed by atoms with E-state index < -0.39 is 0 Å². The van der Waals surface area contributed by atoms with Crippen LogP contribution in [-0.2, 0) is 16.0 Å². The lowest BCUT2D eigenvalue weighted by Gasteiger charge is -2.18. The monoisotopic (exact) mass is 372 g/mol. The van der Waals surface area contributed by atoms with Crippen molar-refractivity contribution < 1.29 is 9.53 Å². The Morgan fingerprint density at radius 2 is 2.23 bits per heavy atom. The number of hydrogen-bond acceptors (Lipinski definition) is 7. The number of hydrogen-bond donors (Lipinski definition) is 1. The summed E-state index contributed by atoms with van der Waals surface area (Å²) in [4.78, 5) is 18.2. The summed E-state index contributed by atoms with van der Waals surface area (Å²) in [6, 6.07) is 6.47. The van der Waals surface area contributed by atoms with Crippen LogP contribution in [0.3, 0.4) is 0 Å². The number of aryl methyl sites for hydroxylation is 1. The van der Waals surface area contributed by atoms with Gasteiger partial charge in [0.2, 0.25) is 5.13 Å². The second kappa shape index (κ2) is 8.80. The maximum Gasteiger partial charge on any atom is 0.311 e. The number of aromatic nitrogens is 1. The molecule has 2 heterocycles. The van der Waals surface area contributed by atoms with Gasteiger partial charge in [0.05, 0.1) is 24.9 Å². The van der Waals surface area contributed by atoms with Crippen LogP contribution in [0.25, 0.3) is 0 Å². The molecular formula is C19H24N4O2S. The average molecular weight is 372 g/mol. The Balaban J connectivity index is 1.57. The van der Waals surface area contributed by atoms with E-state index in [0.717, 1.165) is 18.7 Å². The number of anilines is 2. The van der Waals surface area contributed by atoms with Gasteiger partial charge < -0.3 is 9.64 Å². The van der Waals surface area contributed by atoms with Gasteiger partial charge in [-0.25, -0.2) is 4.98 Å². The highest BCUT2D eigenvalue weighted by atomic mass is 32.1. The molecule has 138 valence electrons. The van der Waals surface area contributed by atoms with Crippen LogP contribution in [0, 0.1) is 6.92 Å². The van der Waals surface area contributed by atoms with Gasteiger partial charge in [0.25, 0.3) is 0 Å². The third kappa shape index (κ3) is 4.82. The van der Waals surface area contributed by atoms with Crippen molar-refractivity contribution in [2.45, 2.75) is 33.1 Å².